The number of benzene rings is 1. The fourth-order valence-corrected chi connectivity index (χ4v) is 2.82. The summed E-state index contributed by atoms with van der Waals surface area (Å²) in [6.07, 6.45) is 7.82. The highest BCUT2D eigenvalue weighted by Crippen LogP contribution is 2.28. The number of hydrogen-bond acceptors (Lipinski definition) is 2. The number of hydrogen-bond donors (Lipinski definition) is 2. The molecule has 1 aliphatic rings. The summed E-state index contributed by atoms with van der Waals surface area (Å²) in [6.45, 7) is 0.746. The molecule has 1 aromatic carbocycles. The van der Waals surface area contributed by atoms with Crippen molar-refractivity contribution in [1.82, 2.24) is 5.32 Å². The Labute approximate surface area is 115 Å². The van der Waals surface area contributed by atoms with Crippen LogP contribution >= 0.6 is 0 Å². The lowest BCUT2D eigenvalue weighted by Gasteiger charge is -2.13. The number of nitrogens with two attached hydrogens (primary N) is 1. The predicted molar refractivity (Wildman–Crippen MR) is 77.6 cm³/mol. The molecule has 0 saturated heterocycles. The van der Waals surface area contributed by atoms with Crippen molar-refractivity contribution in [3.63, 3.8) is 0 Å². The number of carbonyl (C=O) groups is 1. The molecule has 19 heavy (non-hydrogen) atoms. The summed E-state index contributed by atoms with van der Waals surface area (Å²) in [5.41, 5.74) is 6.80. The fraction of sp³-hybridized carbons (Fsp3) is 0.562. The van der Waals surface area contributed by atoms with Gasteiger partial charge >= 0.3 is 0 Å². The van der Waals surface area contributed by atoms with Crippen molar-refractivity contribution in [2.45, 2.75) is 44.6 Å². The first-order valence-corrected chi connectivity index (χ1v) is 7.35. The highest BCUT2D eigenvalue weighted by atomic mass is 16.2. The lowest BCUT2D eigenvalue weighted by atomic mass is 10.0. The highest BCUT2D eigenvalue weighted by molar-refractivity contribution is 5.82. The third kappa shape index (κ3) is 4.35. The molecule has 104 valence electrons. The quantitative estimate of drug-likeness (QED) is 0.773. The number of carbonyl (C=O) groups excluding carboxylic acids is 1. The van der Waals surface area contributed by atoms with Gasteiger partial charge in [0.25, 0.3) is 0 Å². The molecule has 1 saturated carbocycles. The third-order valence-corrected chi connectivity index (χ3v) is 4.00. The largest absolute Gasteiger partial charge is 0.354 e. The third-order valence-electron chi connectivity index (χ3n) is 4.00. The van der Waals surface area contributed by atoms with Gasteiger partial charge in [-0.15, -0.1) is 0 Å². The molecule has 0 spiro atoms. The SMILES string of the molecule is NC(C(=O)NCCCC1CCCC1)c1ccccc1. The molecule has 3 N–H and O–H groups in total. The van der Waals surface area contributed by atoms with Gasteiger partial charge in [-0.25, -0.2) is 0 Å². The van der Waals surface area contributed by atoms with E-state index in [1.807, 2.05) is 30.3 Å². The Bertz CT molecular complexity index is 385. The van der Waals surface area contributed by atoms with E-state index in [1.54, 1.807) is 0 Å². The monoisotopic (exact) mass is 260 g/mol. The van der Waals surface area contributed by atoms with Crippen LogP contribution in [0.3, 0.4) is 0 Å². The van der Waals surface area contributed by atoms with Crippen molar-refractivity contribution < 1.29 is 4.79 Å². The van der Waals surface area contributed by atoms with E-state index in [9.17, 15) is 4.79 Å². The van der Waals surface area contributed by atoms with E-state index in [2.05, 4.69) is 5.32 Å². The van der Waals surface area contributed by atoms with Crippen LogP contribution in [0.25, 0.3) is 0 Å². The average molecular weight is 260 g/mol. The highest BCUT2D eigenvalue weighted by Gasteiger charge is 2.16. The predicted octanol–water partition coefficient (Wildman–Crippen LogP) is 2.77. The second-order valence-electron chi connectivity index (χ2n) is 5.47. The van der Waals surface area contributed by atoms with Gasteiger partial charge in [-0.2, -0.15) is 0 Å². The standard InChI is InChI=1S/C16H24N2O/c17-15(14-10-2-1-3-11-14)16(19)18-12-6-9-13-7-4-5-8-13/h1-3,10-11,13,15H,4-9,12,17H2,(H,18,19). The van der Waals surface area contributed by atoms with Crippen molar-refractivity contribution in [3.8, 4) is 0 Å². The average Bonchev–Trinajstić information content (AvgIpc) is 2.96. The summed E-state index contributed by atoms with van der Waals surface area (Å²) < 4.78 is 0. The second-order valence-corrected chi connectivity index (χ2v) is 5.47. The number of amides is 1. The van der Waals surface area contributed by atoms with Crippen LogP contribution in [0.5, 0.6) is 0 Å². The minimum absolute atomic E-state index is 0.0716. The molecule has 0 aliphatic heterocycles. The van der Waals surface area contributed by atoms with E-state index in [4.69, 9.17) is 5.73 Å². The van der Waals surface area contributed by atoms with Crippen LogP contribution in [-0.4, -0.2) is 12.5 Å². The molecular formula is C16H24N2O. The van der Waals surface area contributed by atoms with Crippen LogP contribution < -0.4 is 11.1 Å². The first-order valence-electron chi connectivity index (χ1n) is 7.35. The maximum absolute atomic E-state index is 11.9. The lowest BCUT2D eigenvalue weighted by Crippen LogP contribution is -2.34. The molecule has 1 amide bonds. The van der Waals surface area contributed by atoms with Crippen LogP contribution in [0.2, 0.25) is 0 Å². The number of nitrogens with one attached hydrogen (secondary N) is 1. The minimum Gasteiger partial charge on any atom is -0.354 e. The topological polar surface area (TPSA) is 55.1 Å². The van der Waals surface area contributed by atoms with Crippen LogP contribution in [-0.2, 0) is 4.79 Å². The first kappa shape index (κ1) is 14.1. The molecule has 1 unspecified atom stereocenters. The molecule has 1 fully saturated rings. The van der Waals surface area contributed by atoms with Gasteiger partial charge < -0.3 is 11.1 Å². The second kappa shape index (κ2) is 7.29. The van der Waals surface area contributed by atoms with Gasteiger partial charge in [0.15, 0.2) is 0 Å². The minimum atomic E-state index is -0.548. The maximum atomic E-state index is 11.9. The Kier molecular flexibility index (Phi) is 5.40. The molecule has 1 aromatic rings. The summed E-state index contributed by atoms with van der Waals surface area (Å²) in [7, 11) is 0. The summed E-state index contributed by atoms with van der Waals surface area (Å²) in [4.78, 5) is 11.9. The summed E-state index contributed by atoms with van der Waals surface area (Å²) >= 11 is 0. The molecule has 1 atom stereocenters. The molecule has 2 rings (SSSR count). The van der Waals surface area contributed by atoms with Crippen LogP contribution in [0.4, 0.5) is 0 Å². The Morgan fingerprint density at radius 2 is 1.95 bits per heavy atom. The van der Waals surface area contributed by atoms with Crippen molar-refractivity contribution >= 4 is 5.91 Å². The number of rotatable bonds is 6. The smallest absolute Gasteiger partial charge is 0.241 e. The van der Waals surface area contributed by atoms with Crippen molar-refractivity contribution in [1.29, 1.82) is 0 Å². The maximum Gasteiger partial charge on any atom is 0.241 e. The molecule has 0 aromatic heterocycles. The molecule has 0 heterocycles. The van der Waals surface area contributed by atoms with Gasteiger partial charge in [0.2, 0.25) is 5.91 Å². The van der Waals surface area contributed by atoms with Crippen molar-refractivity contribution in [2.75, 3.05) is 6.54 Å². The van der Waals surface area contributed by atoms with E-state index in [1.165, 1.54) is 32.1 Å². The van der Waals surface area contributed by atoms with Gasteiger partial charge in [-0.3, -0.25) is 4.79 Å². The van der Waals surface area contributed by atoms with Crippen molar-refractivity contribution in [2.24, 2.45) is 11.7 Å². The van der Waals surface area contributed by atoms with Crippen LogP contribution in [0.1, 0.15) is 50.1 Å². The first-order chi connectivity index (χ1) is 9.27. The summed E-state index contributed by atoms with van der Waals surface area (Å²) in [5, 5.41) is 2.94. The molecule has 3 nitrogen and oxygen atoms in total. The van der Waals surface area contributed by atoms with Gasteiger partial charge in [0, 0.05) is 6.54 Å². The van der Waals surface area contributed by atoms with E-state index >= 15 is 0 Å². The van der Waals surface area contributed by atoms with Gasteiger partial charge in [-0.05, 0) is 24.3 Å². The molecule has 1 aliphatic carbocycles. The molecule has 0 bridgehead atoms. The zero-order chi connectivity index (χ0) is 13.5. The zero-order valence-corrected chi connectivity index (χ0v) is 11.5. The Morgan fingerprint density at radius 1 is 1.26 bits per heavy atom. The Balaban J connectivity index is 1.66. The fourth-order valence-electron chi connectivity index (χ4n) is 2.82. The van der Waals surface area contributed by atoms with Crippen molar-refractivity contribution in [3.05, 3.63) is 35.9 Å². The van der Waals surface area contributed by atoms with E-state index < -0.39 is 6.04 Å². The molecule has 0 radical (unpaired) electrons. The van der Waals surface area contributed by atoms with Gasteiger partial charge in [-0.1, -0.05) is 56.0 Å². The van der Waals surface area contributed by atoms with Crippen LogP contribution in [0, 0.1) is 5.92 Å². The van der Waals surface area contributed by atoms with Gasteiger partial charge in [0.05, 0.1) is 0 Å². The summed E-state index contributed by atoms with van der Waals surface area (Å²) in [5.74, 6) is 0.817. The molecular weight excluding hydrogens is 236 g/mol. The summed E-state index contributed by atoms with van der Waals surface area (Å²) in [6, 6.07) is 8.97. The van der Waals surface area contributed by atoms with E-state index in [-0.39, 0.29) is 5.91 Å². The normalized spacial score (nSPS) is 17.3. The molecule has 3 heteroatoms. The van der Waals surface area contributed by atoms with Gasteiger partial charge in [0.1, 0.15) is 6.04 Å². The zero-order valence-electron chi connectivity index (χ0n) is 11.5. The van der Waals surface area contributed by atoms with E-state index in [0.29, 0.717) is 0 Å². The Hall–Kier alpha value is -1.35. The van der Waals surface area contributed by atoms with Crippen LogP contribution in [0.15, 0.2) is 30.3 Å². The Morgan fingerprint density at radius 3 is 2.63 bits per heavy atom. The van der Waals surface area contributed by atoms with E-state index in [0.717, 1.165) is 24.4 Å². The lowest BCUT2D eigenvalue weighted by molar-refractivity contribution is -0.122.